The van der Waals surface area contributed by atoms with Gasteiger partial charge in [0, 0.05) is 5.92 Å². The number of rotatable bonds is 6. The maximum absolute atomic E-state index is 12.4. The van der Waals surface area contributed by atoms with Crippen molar-refractivity contribution in [2.24, 2.45) is 58.2 Å². The van der Waals surface area contributed by atoms with Crippen molar-refractivity contribution in [1.29, 1.82) is 0 Å². The van der Waals surface area contributed by atoms with E-state index in [0.717, 1.165) is 44.9 Å². The third-order valence-corrected chi connectivity index (χ3v) is 11.5. The highest BCUT2D eigenvalue weighted by atomic mass is 16.4. The van der Waals surface area contributed by atoms with Gasteiger partial charge in [0.05, 0.1) is 12.2 Å². The molecular weight excluding hydrogens is 430 g/mol. The van der Waals surface area contributed by atoms with Crippen LogP contribution in [0.1, 0.15) is 86.0 Å². The number of hydrogen-bond acceptors (Lipinski definition) is 4. The highest BCUT2D eigenvalue weighted by Crippen LogP contribution is 2.69. The van der Waals surface area contributed by atoms with E-state index in [4.69, 9.17) is 5.11 Å². The number of carbonyl (C=O) groups is 2. The summed E-state index contributed by atoms with van der Waals surface area (Å²) >= 11 is 0. The first-order chi connectivity index (χ1) is 15.9. The third kappa shape index (κ3) is 4.21. The summed E-state index contributed by atoms with van der Waals surface area (Å²) in [6, 6.07) is 0. The van der Waals surface area contributed by atoms with Gasteiger partial charge in [0.2, 0.25) is 5.91 Å². The van der Waals surface area contributed by atoms with E-state index in [0.29, 0.717) is 35.5 Å². The van der Waals surface area contributed by atoms with E-state index in [2.05, 4.69) is 33.0 Å². The van der Waals surface area contributed by atoms with Crippen LogP contribution in [0.3, 0.4) is 0 Å². The zero-order valence-corrected chi connectivity index (χ0v) is 21.8. The summed E-state index contributed by atoms with van der Waals surface area (Å²) < 4.78 is 0. The standard InChI is InChI=1S/C28H47NO5/c1-15(12-16(2)26(34)29-14-23(31)32)19-6-7-20-24-21(9-11-27(19,20)4)28(5)10-8-18(30)13-22(28)17(3)25(24)33/h15-22,24-25,30,33H,6-14H2,1-5H3,(H,29,34)(H,31,32)/t15-,16?,17-,18-,19-,20?,21?,22?,24?,25+,27-,28-/m1/s1. The molecule has 4 aliphatic rings. The van der Waals surface area contributed by atoms with Crippen LogP contribution in [0.4, 0.5) is 0 Å². The summed E-state index contributed by atoms with van der Waals surface area (Å²) in [5, 5.41) is 33.4. The van der Waals surface area contributed by atoms with Gasteiger partial charge in [0.1, 0.15) is 6.54 Å². The molecule has 4 N–H and O–H groups in total. The second-order valence-corrected chi connectivity index (χ2v) is 13.1. The first-order valence-electron chi connectivity index (χ1n) is 13.8. The minimum atomic E-state index is -1.01. The molecule has 0 radical (unpaired) electrons. The number of carboxylic acids is 1. The summed E-state index contributed by atoms with van der Waals surface area (Å²) in [5.74, 6) is 1.50. The lowest BCUT2D eigenvalue weighted by Gasteiger charge is -2.64. The van der Waals surface area contributed by atoms with E-state index in [9.17, 15) is 19.8 Å². The molecule has 4 fully saturated rings. The lowest BCUT2D eigenvalue weighted by atomic mass is 9.42. The number of carbonyl (C=O) groups excluding carboxylic acids is 1. The van der Waals surface area contributed by atoms with Gasteiger partial charge >= 0.3 is 5.97 Å². The Labute approximate surface area is 205 Å². The maximum Gasteiger partial charge on any atom is 0.322 e. The quantitative estimate of drug-likeness (QED) is 0.461. The molecular formula is C28H47NO5. The van der Waals surface area contributed by atoms with Crippen molar-refractivity contribution in [2.75, 3.05) is 6.54 Å². The second-order valence-electron chi connectivity index (χ2n) is 13.1. The van der Waals surface area contributed by atoms with Crippen molar-refractivity contribution in [1.82, 2.24) is 5.32 Å². The molecule has 0 aromatic heterocycles. The van der Waals surface area contributed by atoms with Crippen LogP contribution >= 0.6 is 0 Å². The molecule has 0 saturated heterocycles. The average molecular weight is 478 g/mol. The maximum atomic E-state index is 12.4. The van der Waals surface area contributed by atoms with E-state index >= 15 is 0 Å². The smallest absolute Gasteiger partial charge is 0.322 e. The molecule has 0 heterocycles. The Morgan fingerprint density at radius 3 is 2.29 bits per heavy atom. The second kappa shape index (κ2) is 9.38. The van der Waals surface area contributed by atoms with Gasteiger partial charge in [-0.3, -0.25) is 9.59 Å². The van der Waals surface area contributed by atoms with Gasteiger partial charge in [-0.1, -0.05) is 34.6 Å². The normalized spacial score (nSPS) is 47.6. The Morgan fingerprint density at radius 1 is 0.971 bits per heavy atom. The van der Waals surface area contributed by atoms with Gasteiger partial charge in [0.25, 0.3) is 0 Å². The molecule has 0 aliphatic heterocycles. The van der Waals surface area contributed by atoms with Crippen molar-refractivity contribution in [3.63, 3.8) is 0 Å². The Kier molecular flexibility index (Phi) is 7.16. The van der Waals surface area contributed by atoms with Gasteiger partial charge in [-0.15, -0.1) is 0 Å². The summed E-state index contributed by atoms with van der Waals surface area (Å²) in [5.41, 5.74) is 0.389. The molecule has 4 rings (SSSR count). The fourth-order valence-corrected chi connectivity index (χ4v) is 9.79. The lowest BCUT2D eigenvalue weighted by molar-refractivity contribution is -0.199. The Hall–Kier alpha value is -1.14. The van der Waals surface area contributed by atoms with Gasteiger partial charge in [-0.2, -0.15) is 0 Å². The molecule has 1 amide bonds. The SMILES string of the molecule is CC(C[C@@H](C)[C@H]1CCC2C3C(CC[C@@]21C)[C@@]1(C)CC[C@@H](O)CC1[C@@H](C)[C@@H]3O)C(=O)NCC(=O)O. The van der Waals surface area contributed by atoms with E-state index in [1.165, 1.54) is 6.42 Å². The number of carboxylic acid groups (broad SMARTS) is 1. The van der Waals surface area contributed by atoms with E-state index in [1.807, 2.05) is 6.92 Å². The molecule has 34 heavy (non-hydrogen) atoms. The third-order valence-electron chi connectivity index (χ3n) is 11.5. The van der Waals surface area contributed by atoms with Crippen LogP contribution in [0.2, 0.25) is 0 Å². The summed E-state index contributed by atoms with van der Waals surface area (Å²) in [4.78, 5) is 23.2. The highest BCUT2D eigenvalue weighted by Gasteiger charge is 2.64. The molecule has 6 nitrogen and oxygen atoms in total. The number of aliphatic hydroxyl groups is 2. The molecule has 6 heteroatoms. The van der Waals surface area contributed by atoms with Crippen LogP contribution < -0.4 is 5.32 Å². The van der Waals surface area contributed by atoms with E-state index < -0.39 is 5.97 Å². The Balaban J connectivity index is 1.49. The van der Waals surface area contributed by atoms with Crippen molar-refractivity contribution >= 4 is 11.9 Å². The number of fused-ring (bicyclic) bond motifs is 5. The van der Waals surface area contributed by atoms with Crippen LogP contribution in [0.15, 0.2) is 0 Å². The summed E-state index contributed by atoms with van der Waals surface area (Å²) in [7, 11) is 0. The van der Waals surface area contributed by atoms with Crippen molar-refractivity contribution in [2.45, 2.75) is 98.2 Å². The monoisotopic (exact) mass is 477 g/mol. The van der Waals surface area contributed by atoms with Crippen LogP contribution in [-0.2, 0) is 9.59 Å². The molecule has 0 aromatic carbocycles. The number of amides is 1. The topological polar surface area (TPSA) is 107 Å². The number of nitrogens with one attached hydrogen (secondary N) is 1. The van der Waals surface area contributed by atoms with Gasteiger partial charge in [-0.05, 0) is 104 Å². The first-order valence-corrected chi connectivity index (χ1v) is 13.8. The predicted molar refractivity (Wildman–Crippen MR) is 131 cm³/mol. The first kappa shape index (κ1) is 25.9. The number of aliphatic carboxylic acids is 1. The van der Waals surface area contributed by atoms with Crippen molar-refractivity contribution < 1.29 is 24.9 Å². The molecule has 0 bridgehead atoms. The fraction of sp³-hybridized carbons (Fsp3) is 0.929. The average Bonchev–Trinajstić information content (AvgIpc) is 3.13. The molecule has 5 unspecified atom stereocenters. The molecule has 194 valence electrons. The predicted octanol–water partition coefficient (Wildman–Crippen LogP) is 4.09. The van der Waals surface area contributed by atoms with Crippen LogP contribution in [0.25, 0.3) is 0 Å². The van der Waals surface area contributed by atoms with Gasteiger partial charge in [0.15, 0.2) is 0 Å². The molecule has 4 saturated carbocycles. The van der Waals surface area contributed by atoms with E-state index in [-0.39, 0.29) is 47.3 Å². The van der Waals surface area contributed by atoms with Gasteiger partial charge < -0.3 is 20.6 Å². The minimum absolute atomic E-state index is 0.173. The highest BCUT2D eigenvalue weighted by molar-refractivity contribution is 5.82. The lowest BCUT2D eigenvalue weighted by Crippen LogP contribution is -2.61. The van der Waals surface area contributed by atoms with Crippen molar-refractivity contribution in [3.8, 4) is 0 Å². The summed E-state index contributed by atoms with van der Waals surface area (Å²) in [6.07, 6.45) is 7.68. The fourth-order valence-electron chi connectivity index (χ4n) is 9.79. The largest absolute Gasteiger partial charge is 0.480 e. The van der Waals surface area contributed by atoms with Crippen molar-refractivity contribution in [3.05, 3.63) is 0 Å². The molecule has 0 spiro atoms. The molecule has 12 atom stereocenters. The zero-order valence-electron chi connectivity index (χ0n) is 21.8. The number of hydrogen-bond donors (Lipinski definition) is 4. The van der Waals surface area contributed by atoms with Crippen LogP contribution in [0, 0.1) is 58.2 Å². The zero-order chi connectivity index (χ0) is 25.0. The van der Waals surface area contributed by atoms with Crippen LogP contribution in [-0.4, -0.2) is 45.9 Å². The number of aliphatic hydroxyl groups excluding tert-OH is 2. The minimum Gasteiger partial charge on any atom is -0.480 e. The summed E-state index contributed by atoms with van der Waals surface area (Å²) in [6.45, 7) is 11.0. The Bertz CT molecular complexity index is 787. The van der Waals surface area contributed by atoms with Gasteiger partial charge in [-0.25, -0.2) is 0 Å². The Morgan fingerprint density at radius 2 is 1.62 bits per heavy atom. The van der Waals surface area contributed by atoms with Crippen LogP contribution in [0.5, 0.6) is 0 Å². The molecule has 0 aromatic rings. The molecule has 4 aliphatic carbocycles. The van der Waals surface area contributed by atoms with E-state index in [1.54, 1.807) is 0 Å².